The highest BCUT2D eigenvalue weighted by Gasteiger charge is 2.28. The van der Waals surface area contributed by atoms with Gasteiger partial charge in [0.05, 0.1) is 30.3 Å². The first-order chi connectivity index (χ1) is 11.3. The zero-order valence-corrected chi connectivity index (χ0v) is 14.4. The number of furan rings is 1. The molecule has 3 rings (SSSR count). The number of rotatable bonds is 4. The van der Waals surface area contributed by atoms with Crippen molar-refractivity contribution in [1.29, 1.82) is 0 Å². The summed E-state index contributed by atoms with van der Waals surface area (Å²) >= 11 is 0. The molecule has 0 radical (unpaired) electrons. The lowest BCUT2D eigenvalue weighted by Gasteiger charge is -2.24. The number of carbonyl (C=O) groups excluding carboxylic acids is 1. The van der Waals surface area contributed by atoms with Crippen LogP contribution in [0.5, 0.6) is 0 Å². The third-order valence-electron chi connectivity index (χ3n) is 4.08. The van der Waals surface area contributed by atoms with Gasteiger partial charge >= 0.3 is 0 Å². The van der Waals surface area contributed by atoms with Crippen LogP contribution in [0.15, 0.2) is 29.0 Å². The van der Waals surface area contributed by atoms with Crippen LogP contribution in [-0.4, -0.2) is 48.4 Å². The molecule has 1 atom stereocenters. The van der Waals surface area contributed by atoms with Crippen molar-refractivity contribution in [2.24, 2.45) is 5.92 Å². The zero-order chi connectivity index (χ0) is 17.3. The SMILES string of the molecule is Cc1occc1C(=O)N1Cc2ccnn2C[C@H](CNS(C)(=O)=O)C1. The summed E-state index contributed by atoms with van der Waals surface area (Å²) in [5, 5.41) is 4.27. The lowest BCUT2D eigenvalue weighted by Crippen LogP contribution is -2.38. The average Bonchev–Trinajstić information content (AvgIpc) is 3.08. The number of amides is 1. The van der Waals surface area contributed by atoms with Crippen molar-refractivity contribution < 1.29 is 17.6 Å². The Morgan fingerprint density at radius 3 is 2.88 bits per heavy atom. The number of aryl methyl sites for hydroxylation is 1. The fourth-order valence-electron chi connectivity index (χ4n) is 2.86. The number of hydrogen-bond donors (Lipinski definition) is 1. The molecule has 0 fully saturated rings. The van der Waals surface area contributed by atoms with E-state index in [2.05, 4.69) is 9.82 Å². The largest absolute Gasteiger partial charge is 0.469 e. The van der Waals surface area contributed by atoms with E-state index in [0.717, 1.165) is 11.9 Å². The summed E-state index contributed by atoms with van der Waals surface area (Å²) in [5.74, 6) is 0.376. The Kier molecular flexibility index (Phi) is 4.46. The van der Waals surface area contributed by atoms with Crippen LogP contribution in [0, 0.1) is 12.8 Å². The quantitative estimate of drug-likeness (QED) is 0.869. The van der Waals surface area contributed by atoms with Gasteiger partial charge in [-0.15, -0.1) is 0 Å². The molecular weight excluding hydrogens is 332 g/mol. The van der Waals surface area contributed by atoms with E-state index in [4.69, 9.17) is 4.42 Å². The Morgan fingerprint density at radius 1 is 1.42 bits per heavy atom. The van der Waals surface area contributed by atoms with Crippen molar-refractivity contribution in [1.82, 2.24) is 19.4 Å². The van der Waals surface area contributed by atoms with E-state index in [1.807, 2.05) is 10.7 Å². The number of nitrogens with zero attached hydrogens (tertiary/aromatic N) is 3. The fourth-order valence-corrected chi connectivity index (χ4v) is 3.40. The van der Waals surface area contributed by atoms with E-state index in [9.17, 15) is 13.2 Å². The predicted octanol–water partition coefficient (Wildman–Crippen LogP) is 0.606. The van der Waals surface area contributed by atoms with Gasteiger partial charge in [0.15, 0.2) is 0 Å². The maximum Gasteiger partial charge on any atom is 0.257 e. The first kappa shape index (κ1) is 16.7. The summed E-state index contributed by atoms with van der Waals surface area (Å²) in [6.45, 7) is 3.43. The van der Waals surface area contributed by atoms with Gasteiger partial charge in [-0.05, 0) is 19.1 Å². The van der Waals surface area contributed by atoms with E-state index in [1.54, 1.807) is 24.1 Å². The van der Waals surface area contributed by atoms with Crippen molar-refractivity contribution >= 4 is 15.9 Å². The molecule has 3 heterocycles. The van der Waals surface area contributed by atoms with Gasteiger partial charge in [-0.1, -0.05) is 0 Å². The highest BCUT2D eigenvalue weighted by molar-refractivity contribution is 7.88. The van der Waals surface area contributed by atoms with E-state index in [-0.39, 0.29) is 18.4 Å². The molecule has 0 unspecified atom stereocenters. The van der Waals surface area contributed by atoms with Crippen LogP contribution in [0.25, 0.3) is 0 Å². The van der Waals surface area contributed by atoms with Crippen LogP contribution in [0.1, 0.15) is 21.8 Å². The van der Waals surface area contributed by atoms with Crippen LogP contribution in [0.4, 0.5) is 0 Å². The van der Waals surface area contributed by atoms with Crippen LogP contribution in [0.2, 0.25) is 0 Å². The Balaban J connectivity index is 1.84. The van der Waals surface area contributed by atoms with Crippen molar-refractivity contribution in [2.75, 3.05) is 19.3 Å². The summed E-state index contributed by atoms with van der Waals surface area (Å²) in [4.78, 5) is 14.5. The lowest BCUT2D eigenvalue weighted by atomic mass is 10.1. The summed E-state index contributed by atoms with van der Waals surface area (Å²) in [5.41, 5.74) is 1.45. The molecule has 1 N–H and O–H groups in total. The summed E-state index contributed by atoms with van der Waals surface area (Å²) in [7, 11) is -3.29. The molecule has 9 heteroatoms. The van der Waals surface area contributed by atoms with Crippen molar-refractivity contribution in [2.45, 2.75) is 20.0 Å². The number of nitrogens with one attached hydrogen (secondary N) is 1. The van der Waals surface area contributed by atoms with Gasteiger partial charge in [0.25, 0.3) is 5.91 Å². The van der Waals surface area contributed by atoms with E-state index in [0.29, 0.717) is 31.0 Å². The van der Waals surface area contributed by atoms with Crippen molar-refractivity contribution in [3.63, 3.8) is 0 Å². The molecule has 24 heavy (non-hydrogen) atoms. The lowest BCUT2D eigenvalue weighted by molar-refractivity contribution is 0.0720. The van der Waals surface area contributed by atoms with Crippen LogP contribution in [-0.2, 0) is 23.1 Å². The molecule has 0 bridgehead atoms. The van der Waals surface area contributed by atoms with Crippen LogP contribution < -0.4 is 4.72 Å². The van der Waals surface area contributed by atoms with E-state index < -0.39 is 10.0 Å². The van der Waals surface area contributed by atoms with Crippen molar-refractivity contribution in [3.05, 3.63) is 41.6 Å². The van der Waals surface area contributed by atoms with E-state index in [1.165, 1.54) is 6.26 Å². The molecule has 8 nitrogen and oxygen atoms in total. The Labute approximate surface area is 140 Å². The maximum atomic E-state index is 12.8. The molecule has 0 saturated heterocycles. The molecule has 0 spiro atoms. The maximum absolute atomic E-state index is 12.8. The molecule has 1 amide bonds. The molecule has 1 aliphatic rings. The van der Waals surface area contributed by atoms with Gasteiger partial charge < -0.3 is 9.32 Å². The number of sulfonamides is 1. The second-order valence-corrected chi connectivity index (χ2v) is 7.90. The summed E-state index contributed by atoms with van der Waals surface area (Å²) in [6, 6.07) is 3.53. The Morgan fingerprint density at radius 2 is 2.21 bits per heavy atom. The molecule has 0 saturated carbocycles. The number of carbonyl (C=O) groups is 1. The van der Waals surface area contributed by atoms with Crippen molar-refractivity contribution in [3.8, 4) is 0 Å². The van der Waals surface area contributed by atoms with Gasteiger partial charge in [0.1, 0.15) is 5.76 Å². The first-order valence-electron chi connectivity index (χ1n) is 7.62. The number of fused-ring (bicyclic) bond motifs is 1. The zero-order valence-electron chi connectivity index (χ0n) is 13.6. The third-order valence-corrected chi connectivity index (χ3v) is 4.77. The fraction of sp³-hybridized carbons (Fsp3) is 0.467. The van der Waals surface area contributed by atoms with Crippen LogP contribution in [0.3, 0.4) is 0 Å². The van der Waals surface area contributed by atoms with Gasteiger partial charge in [-0.25, -0.2) is 13.1 Å². The molecular formula is C15H20N4O4S. The highest BCUT2D eigenvalue weighted by Crippen LogP contribution is 2.20. The molecule has 0 aromatic carbocycles. The molecule has 1 aliphatic heterocycles. The average molecular weight is 352 g/mol. The highest BCUT2D eigenvalue weighted by atomic mass is 32.2. The van der Waals surface area contributed by atoms with E-state index >= 15 is 0 Å². The van der Waals surface area contributed by atoms with Gasteiger partial charge in [-0.3, -0.25) is 9.48 Å². The predicted molar refractivity (Wildman–Crippen MR) is 86.7 cm³/mol. The molecule has 0 aliphatic carbocycles. The minimum Gasteiger partial charge on any atom is -0.469 e. The topological polar surface area (TPSA) is 97.4 Å². The van der Waals surface area contributed by atoms with Gasteiger partial charge in [0, 0.05) is 31.7 Å². The standard InChI is InChI=1S/C15H20N4O4S/c1-11-14(4-6-23-11)15(20)18-8-12(7-17-24(2,21)22)9-19-13(10-18)3-5-16-19/h3-6,12,17H,7-10H2,1-2H3/t12-/m1/s1. The second kappa shape index (κ2) is 6.40. The Bertz CT molecular complexity index is 839. The minimum absolute atomic E-state index is 0.0722. The minimum atomic E-state index is -3.29. The monoisotopic (exact) mass is 352 g/mol. The first-order valence-corrected chi connectivity index (χ1v) is 9.51. The van der Waals surface area contributed by atoms with Gasteiger partial charge in [-0.2, -0.15) is 5.10 Å². The molecule has 2 aromatic heterocycles. The second-order valence-electron chi connectivity index (χ2n) is 6.07. The molecule has 2 aromatic rings. The van der Waals surface area contributed by atoms with Gasteiger partial charge in [0.2, 0.25) is 10.0 Å². The summed E-state index contributed by atoms with van der Waals surface area (Å²) in [6.07, 6.45) is 4.31. The van der Waals surface area contributed by atoms with Crippen LogP contribution >= 0.6 is 0 Å². The normalized spacial score (nSPS) is 18.2. The smallest absolute Gasteiger partial charge is 0.257 e. The number of hydrogen-bond acceptors (Lipinski definition) is 5. The third kappa shape index (κ3) is 3.68. The summed E-state index contributed by atoms with van der Waals surface area (Å²) < 4.78 is 32.3. The number of aromatic nitrogens is 2. The Hall–Kier alpha value is -2.13. The molecule has 130 valence electrons.